The molecule has 1 aliphatic carbocycles. The highest BCUT2D eigenvalue weighted by molar-refractivity contribution is 8.26. The quantitative estimate of drug-likeness (QED) is 0.747. The average Bonchev–Trinajstić information content (AvgIpc) is 3.19. The van der Waals surface area contributed by atoms with Gasteiger partial charge < -0.3 is 5.11 Å². The second kappa shape index (κ2) is 5.78. The lowest BCUT2D eigenvalue weighted by atomic mass is 10.1. The molecule has 0 amide bonds. The van der Waals surface area contributed by atoms with Gasteiger partial charge in [-0.15, -0.1) is 0 Å². The van der Waals surface area contributed by atoms with Crippen molar-refractivity contribution < 1.29 is 23.0 Å². The topological polar surface area (TPSA) is 80.1 Å². The molecule has 1 saturated carbocycles. The van der Waals surface area contributed by atoms with Crippen LogP contribution in [0.2, 0.25) is 0 Å². The first-order chi connectivity index (χ1) is 12.2. The Bertz CT molecular complexity index is 865. The van der Waals surface area contributed by atoms with Crippen LogP contribution >= 0.6 is 11.0 Å². The Morgan fingerprint density at radius 3 is 2.65 bits per heavy atom. The summed E-state index contributed by atoms with van der Waals surface area (Å²) >= 11 is 0. The molecule has 140 valence electrons. The number of anilines is 2. The lowest BCUT2D eigenvalue weighted by Crippen LogP contribution is -2.33. The summed E-state index contributed by atoms with van der Waals surface area (Å²) in [6.45, 7) is -0.226. The van der Waals surface area contributed by atoms with E-state index in [1.165, 1.54) is 15.7 Å². The molecular weight excluding hydrogens is 364 g/mol. The van der Waals surface area contributed by atoms with Crippen molar-refractivity contribution in [2.75, 3.05) is 22.2 Å². The summed E-state index contributed by atoms with van der Waals surface area (Å²) in [6.07, 6.45) is -0.239. The molecule has 0 bridgehead atoms. The number of aliphatic hydroxyl groups excluding tert-OH is 1. The van der Waals surface area contributed by atoms with Gasteiger partial charge in [0.15, 0.2) is 5.82 Å². The number of nitrogens with zero attached hydrogens (tertiary/aromatic N) is 3. The number of rotatable bonds is 4. The maximum absolute atomic E-state index is 13.3. The third kappa shape index (κ3) is 2.71. The fourth-order valence-corrected chi connectivity index (χ4v) is 4.57. The second-order valence-corrected chi connectivity index (χ2v) is 8.58. The number of pyridine rings is 1. The Kier molecular flexibility index (Phi) is 3.88. The molecule has 2 heterocycles. The minimum absolute atomic E-state index is 0.0946. The minimum atomic E-state index is -3.41. The molecule has 4 rings (SSSR count). The van der Waals surface area contributed by atoms with E-state index in [1.807, 2.05) is 6.07 Å². The fraction of sp³-hybridized carbons (Fsp3) is 0.353. The highest BCUT2D eigenvalue weighted by Gasteiger charge is 2.59. The van der Waals surface area contributed by atoms with Crippen molar-refractivity contribution in [1.29, 1.82) is 0 Å². The van der Waals surface area contributed by atoms with Crippen LogP contribution in [0.5, 0.6) is 0 Å². The van der Waals surface area contributed by atoms with E-state index in [4.69, 9.17) is 0 Å². The van der Waals surface area contributed by atoms with Crippen LogP contribution in [0.3, 0.4) is 0 Å². The van der Waals surface area contributed by atoms with Gasteiger partial charge in [-0.2, -0.15) is 0 Å². The molecule has 1 unspecified atom stereocenters. The summed E-state index contributed by atoms with van der Waals surface area (Å²) in [4.78, 5) is 4.51. The maximum Gasteiger partial charge on any atom is 0.253 e. The van der Waals surface area contributed by atoms with Crippen molar-refractivity contribution in [3.05, 3.63) is 42.0 Å². The molecule has 1 aromatic carbocycles. The van der Waals surface area contributed by atoms with Crippen molar-refractivity contribution >= 4 is 22.5 Å². The summed E-state index contributed by atoms with van der Waals surface area (Å²) in [7, 11) is -1.92. The van der Waals surface area contributed by atoms with Gasteiger partial charge >= 0.3 is 0 Å². The fourth-order valence-electron chi connectivity index (χ4n) is 3.12. The van der Waals surface area contributed by atoms with Gasteiger partial charge in [-0.25, -0.2) is 22.4 Å². The van der Waals surface area contributed by atoms with Gasteiger partial charge in [-0.3, -0.25) is 9.11 Å². The third-order valence-corrected chi connectivity index (χ3v) is 6.68. The number of benzene rings is 1. The standard InChI is InChI=1S/C17H19F2N3O3S/c1-21-16-15(22(26(21,24)25)9-13-8-17(13,18)19)6-5-14(20-16)12-4-2-3-11(7-12)10-23/h2-7,13,23-25H,8-10H2,1H3. The Hall–Kier alpha value is -1.94. The average molecular weight is 383 g/mol. The van der Waals surface area contributed by atoms with E-state index in [0.29, 0.717) is 17.2 Å². The van der Waals surface area contributed by atoms with Gasteiger partial charge in [-0.1, -0.05) is 18.2 Å². The molecule has 0 saturated heterocycles. The normalized spacial score (nSPS) is 23.7. The van der Waals surface area contributed by atoms with Crippen molar-refractivity contribution in [3.63, 3.8) is 0 Å². The number of aliphatic hydroxyl groups is 1. The largest absolute Gasteiger partial charge is 0.392 e. The Morgan fingerprint density at radius 2 is 2.00 bits per heavy atom. The number of hydrogen-bond donors (Lipinski definition) is 3. The zero-order valence-electron chi connectivity index (χ0n) is 14.0. The molecule has 2 aromatic rings. The number of aromatic nitrogens is 1. The monoisotopic (exact) mass is 383 g/mol. The van der Waals surface area contributed by atoms with E-state index < -0.39 is 22.8 Å². The molecule has 26 heavy (non-hydrogen) atoms. The van der Waals surface area contributed by atoms with Crippen LogP contribution in [0, 0.1) is 5.92 Å². The Balaban J connectivity index is 1.70. The molecular formula is C17H19F2N3O3S. The Labute approximate surface area is 151 Å². The van der Waals surface area contributed by atoms with Crippen LogP contribution in [0.15, 0.2) is 36.4 Å². The van der Waals surface area contributed by atoms with Crippen LogP contribution < -0.4 is 8.61 Å². The molecule has 0 spiro atoms. The van der Waals surface area contributed by atoms with E-state index in [1.54, 1.807) is 30.3 Å². The molecule has 1 aliphatic heterocycles. The lowest BCUT2D eigenvalue weighted by Gasteiger charge is -2.41. The van der Waals surface area contributed by atoms with E-state index in [2.05, 4.69) is 4.98 Å². The summed E-state index contributed by atoms with van der Waals surface area (Å²) < 4.78 is 50.1. The first-order valence-corrected chi connectivity index (χ1v) is 9.59. The van der Waals surface area contributed by atoms with Crippen molar-refractivity contribution in [1.82, 2.24) is 4.98 Å². The highest BCUT2D eigenvalue weighted by atomic mass is 32.3. The second-order valence-electron chi connectivity index (χ2n) is 6.61. The lowest BCUT2D eigenvalue weighted by molar-refractivity contribution is 0.101. The van der Waals surface area contributed by atoms with Crippen LogP contribution in [-0.4, -0.2) is 38.7 Å². The van der Waals surface area contributed by atoms with Crippen LogP contribution in [0.25, 0.3) is 11.3 Å². The molecule has 9 heteroatoms. The van der Waals surface area contributed by atoms with E-state index >= 15 is 0 Å². The molecule has 3 N–H and O–H groups in total. The van der Waals surface area contributed by atoms with Gasteiger partial charge in [0.25, 0.3) is 5.92 Å². The summed E-state index contributed by atoms with van der Waals surface area (Å²) in [6, 6.07) is 10.6. The van der Waals surface area contributed by atoms with Crippen LogP contribution in [0.4, 0.5) is 20.3 Å². The first kappa shape index (κ1) is 17.5. The maximum atomic E-state index is 13.3. The zero-order valence-corrected chi connectivity index (χ0v) is 14.8. The smallest absolute Gasteiger partial charge is 0.253 e. The molecule has 1 fully saturated rings. The van der Waals surface area contributed by atoms with Gasteiger partial charge in [-0.05, 0) is 34.7 Å². The number of hydrogen-bond acceptors (Lipinski definition) is 6. The minimum Gasteiger partial charge on any atom is -0.392 e. The van der Waals surface area contributed by atoms with E-state index in [9.17, 15) is 23.0 Å². The van der Waals surface area contributed by atoms with E-state index in [0.717, 1.165) is 11.1 Å². The Morgan fingerprint density at radius 1 is 1.27 bits per heavy atom. The summed E-state index contributed by atoms with van der Waals surface area (Å²) in [5.74, 6) is -3.29. The highest BCUT2D eigenvalue weighted by Crippen LogP contribution is 2.62. The predicted octanol–water partition coefficient (Wildman–Crippen LogP) is 3.73. The van der Waals surface area contributed by atoms with Crippen LogP contribution in [-0.2, 0) is 6.61 Å². The van der Waals surface area contributed by atoms with E-state index in [-0.39, 0.29) is 19.6 Å². The number of alkyl halides is 2. The first-order valence-electron chi connectivity index (χ1n) is 8.13. The van der Waals surface area contributed by atoms with Crippen LogP contribution in [0.1, 0.15) is 12.0 Å². The SMILES string of the molecule is CN1c2nc(-c3cccc(CO)c3)ccc2N(CC2CC2(F)F)S1(O)O. The molecule has 6 nitrogen and oxygen atoms in total. The molecule has 2 aliphatic rings. The zero-order chi connectivity index (χ0) is 18.7. The third-order valence-electron chi connectivity index (χ3n) is 4.83. The van der Waals surface area contributed by atoms with Crippen molar-refractivity contribution in [2.45, 2.75) is 19.0 Å². The molecule has 1 atom stereocenters. The molecule has 0 radical (unpaired) electrons. The van der Waals surface area contributed by atoms with Crippen molar-refractivity contribution in [2.24, 2.45) is 5.92 Å². The predicted molar refractivity (Wildman–Crippen MR) is 97.2 cm³/mol. The number of halogens is 2. The summed E-state index contributed by atoms with van der Waals surface area (Å²) in [5.41, 5.74) is 2.54. The summed E-state index contributed by atoms with van der Waals surface area (Å²) in [5, 5.41) is 9.28. The molecule has 1 aromatic heterocycles. The number of fused-ring (bicyclic) bond motifs is 1. The van der Waals surface area contributed by atoms with Gasteiger partial charge in [0, 0.05) is 31.5 Å². The van der Waals surface area contributed by atoms with Crippen molar-refractivity contribution in [3.8, 4) is 11.3 Å². The van der Waals surface area contributed by atoms with Gasteiger partial charge in [0.1, 0.15) is 5.69 Å². The van der Waals surface area contributed by atoms with Gasteiger partial charge in [0.05, 0.1) is 12.3 Å². The van der Waals surface area contributed by atoms with Gasteiger partial charge in [0.2, 0.25) is 0 Å².